The van der Waals surface area contributed by atoms with E-state index in [1.165, 1.54) is 0 Å². The molecule has 0 spiro atoms. The van der Waals surface area contributed by atoms with Crippen LogP contribution in [0.3, 0.4) is 0 Å². The number of fused-ring (bicyclic) bond motifs is 1. The van der Waals surface area contributed by atoms with E-state index in [1.807, 2.05) is 13.8 Å². The molecule has 78 valence electrons. The standard InChI is InChI=1S/C12H11ClO2/c1-3-9-7(2)15-11-5-4-8(13)6-10(11)12(9)14/h4-6H,3H2,1-2H3. The van der Waals surface area contributed by atoms with Crippen LogP contribution >= 0.6 is 11.6 Å². The Labute approximate surface area is 92.5 Å². The van der Waals surface area contributed by atoms with E-state index in [4.69, 9.17) is 16.0 Å². The SMILES string of the molecule is CCc1c(C)oc2ccc(Cl)cc2c1=O. The van der Waals surface area contributed by atoms with Crippen molar-refractivity contribution in [1.29, 1.82) is 0 Å². The van der Waals surface area contributed by atoms with Crippen molar-refractivity contribution in [3.8, 4) is 0 Å². The zero-order chi connectivity index (χ0) is 11.0. The predicted molar refractivity (Wildman–Crippen MR) is 61.6 cm³/mol. The van der Waals surface area contributed by atoms with E-state index in [0.29, 0.717) is 28.2 Å². The van der Waals surface area contributed by atoms with Gasteiger partial charge in [0.15, 0.2) is 5.43 Å². The van der Waals surface area contributed by atoms with Gasteiger partial charge >= 0.3 is 0 Å². The normalized spacial score (nSPS) is 10.9. The molecule has 0 fully saturated rings. The predicted octanol–water partition coefficient (Wildman–Crippen LogP) is 3.32. The summed E-state index contributed by atoms with van der Waals surface area (Å²) in [7, 11) is 0. The smallest absolute Gasteiger partial charge is 0.196 e. The van der Waals surface area contributed by atoms with E-state index >= 15 is 0 Å². The molecule has 2 rings (SSSR count). The Kier molecular flexibility index (Phi) is 2.53. The highest BCUT2D eigenvalue weighted by molar-refractivity contribution is 6.31. The molecule has 3 heteroatoms. The molecule has 0 aliphatic carbocycles. The van der Waals surface area contributed by atoms with Gasteiger partial charge in [0.05, 0.1) is 5.39 Å². The summed E-state index contributed by atoms with van der Waals surface area (Å²) in [6, 6.07) is 5.10. The minimum absolute atomic E-state index is 0.0266. The minimum atomic E-state index is 0.0266. The van der Waals surface area contributed by atoms with Gasteiger partial charge in [0.25, 0.3) is 0 Å². The molecule has 0 aliphatic rings. The van der Waals surface area contributed by atoms with Crippen molar-refractivity contribution in [2.45, 2.75) is 20.3 Å². The largest absolute Gasteiger partial charge is 0.461 e. The van der Waals surface area contributed by atoms with Crippen LogP contribution in [0.15, 0.2) is 27.4 Å². The van der Waals surface area contributed by atoms with E-state index < -0.39 is 0 Å². The molecule has 0 saturated carbocycles. The second-order valence-corrected chi connectivity index (χ2v) is 3.90. The molecule has 1 aromatic carbocycles. The number of hydrogen-bond acceptors (Lipinski definition) is 2. The average molecular weight is 223 g/mol. The lowest BCUT2D eigenvalue weighted by Gasteiger charge is -2.04. The first-order chi connectivity index (χ1) is 7.13. The zero-order valence-electron chi connectivity index (χ0n) is 8.63. The van der Waals surface area contributed by atoms with Crippen LogP contribution in [0.25, 0.3) is 11.0 Å². The van der Waals surface area contributed by atoms with Crippen LogP contribution in [0.5, 0.6) is 0 Å². The van der Waals surface area contributed by atoms with Gasteiger partial charge < -0.3 is 4.42 Å². The Morgan fingerprint density at radius 3 is 2.80 bits per heavy atom. The minimum Gasteiger partial charge on any atom is -0.461 e. The lowest BCUT2D eigenvalue weighted by atomic mass is 10.1. The number of benzene rings is 1. The van der Waals surface area contributed by atoms with Gasteiger partial charge in [0.2, 0.25) is 0 Å². The molecule has 0 radical (unpaired) electrons. The molecule has 1 aromatic heterocycles. The highest BCUT2D eigenvalue weighted by Gasteiger charge is 2.09. The molecule has 0 bridgehead atoms. The van der Waals surface area contributed by atoms with Crippen LogP contribution in [0.1, 0.15) is 18.2 Å². The number of hydrogen-bond donors (Lipinski definition) is 0. The van der Waals surface area contributed by atoms with Crippen LogP contribution in [0, 0.1) is 6.92 Å². The molecule has 2 nitrogen and oxygen atoms in total. The fourth-order valence-electron chi connectivity index (χ4n) is 1.73. The van der Waals surface area contributed by atoms with Crippen LogP contribution in [0.4, 0.5) is 0 Å². The van der Waals surface area contributed by atoms with Gasteiger partial charge in [-0.15, -0.1) is 0 Å². The molecule has 0 unspecified atom stereocenters. The molecule has 2 aromatic rings. The van der Waals surface area contributed by atoms with Gasteiger partial charge in [-0.1, -0.05) is 18.5 Å². The van der Waals surface area contributed by atoms with E-state index in [1.54, 1.807) is 18.2 Å². The molecule has 1 heterocycles. The zero-order valence-corrected chi connectivity index (χ0v) is 9.39. The van der Waals surface area contributed by atoms with Crippen LogP contribution < -0.4 is 5.43 Å². The number of halogens is 1. The van der Waals surface area contributed by atoms with Gasteiger partial charge in [-0.3, -0.25) is 4.79 Å². The molecule has 0 N–H and O–H groups in total. The summed E-state index contributed by atoms with van der Waals surface area (Å²) < 4.78 is 5.56. The van der Waals surface area contributed by atoms with Gasteiger partial charge in [0.1, 0.15) is 11.3 Å². The third kappa shape index (κ3) is 1.65. The van der Waals surface area contributed by atoms with E-state index in [-0.39, 0.29) is 5.43 Å². The van der Waals surface area contributed by atoms with Gasteiger partial charge in [0, 0.05) is 10.6 Å². The summed E-state index contributed by atoms with van der Waals surface area (Å²) in [5.74, 6) is 0.692. The maximum atomic E-state index is 12.0. The first-order valence-electron chi connectivity index (χ1n) is 4.85. The second kappa shape index (κ2) is 3.70. The van der Waals surface area contributed by atoms with E-state index in [0.717, 1.165) is 5.56 Å². The Balaban J connectivity index is 2.92. The third-order valence-electron chi connectivity index (χ3n) is 2.50. The lowest BCUT2D eigenvalue weighted by molar-refractivity contribution is 0.555. The van der Waals surface area contributed by atoms with Gasteiger partial charge in [-0.2, -0.15) is 0 Å². The van der Waals surface area contributed by atoms with Crippen molar-refractivity contribution in [2.24, 2.45) is 0 Å². The van der Waals surface area contributed by atoms with E-state index in [9.17, 15) is 4.79 Å². The molecule has 15 heavy (non-hydrogen) atoms. The maximum Gasteiger partial charge on any atom is 0.196 e. The summed E-state index contributed by atoms with van der Waals surface area (Å²) >= 11 is 5.85. The third-order valence-corrected chi connectivity index (χ3v) is 2.74. The van der Waals surface area contributed by atoms with Crippen molar-refractivity contribution in [2.75, 3.05) is 0 Å². The molecule has 0 aliphatic heterocycles. The van der Waals surface area contributed by atoms with Crippen LogP contribution in [-0.2, 0) is 6.42 Å². The fraction of sp³-hybridized carbons (Fsp3) is 0.250. The van der Waals surface area contributed by atoms with Crippen molar-refractivity contribution < 1.29 is 4.42 Å². The molecular formula is C12H11ClO2. The Morgan fingerprint density at radius 1 is 1.40 bits per heavy atom. The highest BCUT2D eigenvalue weighted by Crippen LogP contribution is 2.19. The van der Waals surface area contributed by atoms with Gasteiger partial charge in [-0.05, 0) is 31.5 Å². The average Bonchev–Trinajstić information content (AvgIpc) is 2.20. The molecule has 0 amide bonds. The van der Waals surface area contributed by atoms with E-state index in [2.05, 4.69) is 0 Å². The summed E-state index contributed by atoms with van der Waals surface area (Å²) in [6.07, 6.45) is 0.677. The fourth-order valence-corrected chi connectivity index (χ4v) is 1.90. The first kappa shape index (κ1) is 10.2. The molecular weight excluding hydrogens is 212 g/mol. The first-order valence-corrected chi connectivity index (χ1v) is 5.23. The van der Waals surface area contributed by atoms with Gasteiger partial charge in [-0.25, -0.2) is 0 Å². The Hall–Kier alpha value is -1.28. The van der Waals surface area contributed by atoms with Crippen molar-refractivity contribution in [3.63, 3.8) is 0 Å². The summed E-state index contributed by atoms with van der Waals surface area (Å²) in [6.45, 7) is 3.75. The Morgan fingerprint density at radius 2 is 2.13 bits per heavy atom. The monoisotopic (exact) mass is 222 g/mol. The van der Waals surface area contributed by atoms with Crippen molar-refractivity contribution in [3.05, 3.63) is 44.8 Å². The summed E-state index contributed by atoms with van der Waals surface area (Å²) in [5, 5.41) is 1.12. The lowest BCUT2D eigenvalue weighted by Crippen LogP contribution is -2.10. The second-order valence-electron chi connectivity index (χ2n) is 3.46. The highest BCUT2D eigenvalue weighted by atomic mass is 35.5. The van der Waals surface area contributed by atoms with Crippen molar-refractivity contribution in [1.82, 2.24) is 0 Å². The quantitative estimate of drug-likeness (QED) is 0.741. The molecule has 0 saturated heterocycles. The Bertz CT molecular complexity index is 570. The number of rotatable bonds is 1. The summed E-state index contributed by atoms with van der Waals surface area (Å²) in [4.78, 5) is 12.0. The maximum absolute atomic E-state index is 12.0. The molecule has 0 atom stereocenters. The van der Waals surface area contributed by atoms with Crippen LogP contribution in [0.2, 0.25) is 5.02 Å². The number of aryl methyl sites for hydroxylation is 1. The summed E-state index contributed by atoms with van der Waals surface area (Å²) in [5.41, 5.74) is 1.35. The van der Waals surface area contributed by atoms with Crippen LogP contribution in [-0.4, -0.2) is 0 Å². The van der Waals surface area contributed by atoms with Crippen molar-refractivity contribution >= 4 is 22.6 Å². The topological polar surface area (TPSA) is 30.2 Å².